The van der Waals surface area contributed by atoms with E-state index in [9.17, 15) is 0 Å². The van der Waals surface area contributed by atoms with E-state index in [0.29, 0.717) is 11.5 Å². The van der Waals surface area contributed by atoms with Gasteiger partial charge in [0.2, 0.25) is 0 Å². The van der Waals surface area contributed by atoms with E-state index < -0.39 is 0 Å². The lowest BCUT2D eigenvalue weighted by Crippen LogP contribution is -2.46. The van der Waals surface area contributed by atoms with Crippen molar-refractivity contribution >= 4 is 0 Å². The quantitative estimate of drug-likeness (QED) is 0.781. The van der Waals surface area contributed by atoms with E-state index in [-0.39, 0.29) is 0 Å². The predicted octanol–water partition coefficient (Wildman–Crippen LogP) is 2.77. The van der Waals surface area contributed by atoms with Crippen LogP contribution in [0.4, 0.5) is 0 Å². The summed E-state index contributed by atoms with van der Waals surface area (Å²) in [6.45, 7) is 7.45. The van der Waals surface area contributed by atoms with Crippen LogP contribution >= 0.6 is 0 Å². The molecule has 1 heterocycles. The molecule has 2 aliphatic rings. The van der Waals surface area contributed by atoms with Gasteiger partial charge in [0.05, 0.1) is 0 Å². The molecule has 1 aliphatic heterocycles. The molecule has 1 aliphatic carbocycles. The second-order valence-corrected chi connectivity index (χ2v) is 6.27. The molecule has 2 rings (SSSR count). The molecule has 0 atom stereocenters. The van der Waals surface area contributed by atoms with Crippen molar-refractivity contribution in [1.29, 1.82) is 0 Å². The summed E-state index contributed by atoms with van der Waals surface area (Å²) in [5.41, 5.74) is 6.60. The van der Waals surface area contributed by atoms with Crippen LogP contribution in [0.5, 0.6) is 0 Å². The molecule has 2 heteroatoms. The Morgan fingerprint density at radius 3 is 2.19 bits per heavy atom. The van der Waals surface area contributed by atoms with Gasteiger partial charge in [-0.05, 0) is 57.0 Å². The van der Waals surface area contributed by atoms with E-state index in [1.165, 1.54) is 58.0 Å². The first-order chi connectivity index (χ1) is 7.63. The van der Waals surface area contributed by atoms with Gasteiger partial charge in [0, 0.05) is 12.1 Å². The predicted molar refractivity (Wildman–Crippen MR) is 69.4 cm³/mol. The average Bonchev–Trinajstić information content (AvgIpc) is 2.32. The van der Waals surface area contributed by atoms with Crippen LogP contribution in [-0.4, -0.2) is 30.1 Å². The van der Waals surface area contributed by atoms with Crippen molar-refractivity contribution < 1.29 is 0 Å². The van der Waals surface area contributed by atoms with Crippen LogP contribution < -0.4 is 5.73 Å². The number of nitrogens with zero attached hydrogens (tertiary/aromatic N) is 1. The Balaban J connectivity index is 1.80. The van der Waals surface area contributed by atoms with Crippen molar-refractivity contribution in [2.45, 2.75) is 70.9 Å². The van der Waals surface area contributed by atoms with Crippen LogP contribution in [0.25, 0.3) is 0 Å². The zero-order chi connectivity index (χ0) is 11.6. The lowest BCUT2D eigenvalue weighted by atomic mass is 9.77. The SMILES string of the molecule is CCC1(C)CCN(C2CCC(N)CC2)CC1. The third kappa shape index (κ3) is 2.78. The minimum atomic E-state index is 0.488. The van der Waals surface area contributed by atoms with Gasteiger partial charge >= 0.3 is 0 Å². The fraction of sp³-hybridized carbons (Fsp3) is 1.00. The summed E-state index contributed by atoms with van der Waals surface area (Å²) >= 11 is 0. The molecular weight excluding hydrogens is 196 g/mol. The summed E-state index contributed by atoms with van der Waals surface area (Å²) in [6, 6.07) is 1.34. The summed E-state index contributed by atoms with van der Waals surface area (Å²) in [5.74, 6) is 0. The molecule has 2 fully saturated rings. The van der Waals surface area contributed by atoms with Gasteiger partial charge in [-0.25, -0.2) is 0 Å². The van der Waals surface area contributed by atoms with Gasteiger partial charge in [-0.3, -0.25) is 0 Å². The first-order valence-electron chi connectivity index (χ1n) is 7.12. The van der Waals surface area contributed by atoms with Gasteiger partial charge in [-0.2, -0.15) is 0 Å². The minimum absolute atomic E-state index is 0.488. The molecule has 1 saturated heterocycles. The first-order valence-corrected chi connectivity index (χ1v) is 7.12. The normalized spacial score (nSPS) is 36.2. The topological polar surface area (TPSA) is 29.3 Å². The minimum Gasteiger partial charge on any atom is -0.328 e. The van der Waals surface area contributed by atoms with Crippen molar-refractivity contribution in [3.63, 3.8) is 0 Å². The van der Waals surface area contributed by atoms with Crippen LogP contribution in [0.15, 0.2) is 0 Å². The molecule has 16 heavy (non-hydrogen) atoms. The first kappa shape index (κ1) is 12.4. The van der Waals surface area contributed by atoms with E-state index in [1.54, 1.807) is 0 Å². The maximum atomic E-state index is 5.97. The lowest BCUT2D eigenvalue weighted by molar-refractivity contribution is 0.0632. The van der Waals surface area contributed by atoms with E-state index in [0.717, 1.165) is 6.04 Å². The number of likely N-dealkylation sites (tertiary alicyclic amines) is 1. The maximum Gasteiger partial charge on any atom is 0.00964 e. The van der Waals surface area contributed by atoms with E-state index in [2.05, 4.69) is 18.7 Å². The monoisotopic (exact) mass is 224 g/mol. The molecule has 0 bridgehead atoms. The zero-order valence-corrected chi connectivity index (χ0v) is 11.0. The molecule has 1 saturated carbocycles. The number of nitrogens with two attached hydrogens (primary N) is 1. The van der Waals surface area contributed by atoms with Gasteiger partial charge < -0.3 is 10.6 Å². The fourth-order valence-corrected chi connectivity index (χ4v) is 3.25. The molecule has 0 aromatic rings. The smallest absolute Gasteiger partial charge is 0.00964 e. The fourth-order valence-electron chi connectivity index (χ4n) is 3.25. The second kappa shape index (κ2) is 5.05. The van der Waals surface area contributed by atoms with Gasteiger partial charge in [-0.1, -0.05) is 20.3 Å². The van der Waals surface area contributed by atoms with Crippen molar-refractivity contribution in [3.05, 3.63) is 0 Å². The van der Waals surface area contributed by atoms with Crippen molar-refractivity contribution in [2.75, 3.05) is 13.1 Å². The molecule has 0 aromatic carbocycles. The number of piperidine rings is 1. The number of rotatable bonds is 2. The van der Waals surface area contributed by atoms with Gasteiger partial charge in [-0.15, -0.1) is 0 Å². The molecule has 0 radical (unpaired) electrons. The Hall–Kier alpha value is -0.0800. The lowest BCUT2D eigenvalue weighted by Gasteiger charge is -2.44. The molecule has 2 N–H and O–H groups in total. The molecule has 0 spiro atoms. The standard InChI is InChI=1S/C14H28N2/c1-3-14(2)8-10-16(11-9-14)13-6-4-12(15)5-7-13/h12-13H,3-11,15H2,1-2H3. The highest BCUT2D eigenvalue weighted by Crippen LogP contribution is 2.36. The molecule has 0 aromatic heterocycles. The molecule has 2 nitrogen and oxygen atoms in total. The van der Waals surface area contributed by atoms with Crippen LogP contribution in [0.2, 0.25) is 0 Å². The molecular formula is C14H28N2. The largest absolute Gasteiger partial charge is 0.328 e. The molecule has 0 unspecified atom stereocenters. The van der Waals surface area contributed by atoms with Crippen LogP contribution in [-0.2, 0) is 0 Å². The summed E-state index contributed by atoms with van der Waals surface area (Å²) in [5, 5.41) is 0. The van der Waals surface area contributed by atoms with Crippen LogP contribution in [0.1, 0.15) is 58.8 Å². The van der Waals surface area contributed by atoms with Crippen LogP contribution in [0, 0.1) is 5.41 Å². The summed E-state index contributed by atoms with van der Waals surface area (Å²) < 4.78 is 0. The van der Waals surface area contributed by atoms with Gasteiger partial charge in [0.1, 0.15) is 0 Å². The Morgan fingerprint density at radius 1 is 1.12 bits per heavy atom. The van der Waals surface area contributed by atoms with Gasteiger partial charge in [0.15, 0.2) is 0 Å². The number of hydrogen-bond acceptors (Lipinski definition) is 2. The average molecular weight is 224 g/mol. The Morgan fingerprint density at radius 2 is 1.69 bits per heavy atom. The molecule has 0 amide bonds. The van der Waals surface area contributed by atoms with Crippen molar-refractivity contribution in [3.8, 4) is 0 Å². The highest BCUT2D eigenvalue weighted by molar-refractivity contribution is 4.87. The second-order valence-electron chi connectivity index (χ2n) is 6.27. The Labute approximate surface area is 101 Å². The van der Waals surface area contributed by atoms with E-state index in [1.807, 2.05) is 0 Å². The third-order valence-electron chi connectivity index (χ3n) is 5.12. The maximum absolute atomic E-state index is 5.97. The van der Waals surface area contributed by atoms with Crippen molar-refractivity contribution in [2.24, 2.45) is 11.1 Å². The highest BCUT2D eigenvalue weighted by atomic mass is 15.2. The summed E-state index contributed by atoms with van der Waals surface area (Å²) in [4.78, 5) is 2.74. The summed E-state index contributed by atoms with van der Waals surface area (Å²) in [7, 11) is 0. The van der Waals surface area contributed by atoms with Gasteiger partial charge in [0.25, 0.3) is 0 Å². The van der Waals surface area contributed by atoms with Crippen molar-refractivity contribution in [1.82, 2.24) is 4.90 Å². The Bertz CT molecular complexity index is 211. The highest BCUT2D eigenvalue weighted by Gasteiger charge is 2.32. The third-order valence-corrected chi connectivity index (χ3v) is 5.12. The molecule has 94 valence electrons. The number of hydrogen-bond donors (Lipinski definition) is 1. The summed E-state index contributed by atoms with van der Waals surface area (Å²) in [6.07, 6.45) is 9.29. The Kier molecular flexibility index (Phi) is 3.91. The zero-order valence-electron chi connectivity index (χ0n) is 11.0. The van der Waals surface area contributed by atoms with E-state index >= 15 is 0 Å². The van der Waals surface area contributed by atoms with E-state index in [4.69, 9.17) is 5.73 Å². The van der Waals surface area contributed by atoms with Crippen LogP contribution in [0.3, 0.4) is 0 Å².